The third-order valence-corrected chi connectivity index (χ3v) is 2.14. The predicted octanol–water partition coefficient (Wildman–Crippen LogP) is 1.70. The van der Waals surface area contributed by atoms with E-state index in [0.29, 0.717) is 12.8 Å². The van der Waals surface area contributed by atoms with Crippen molar-refractivity contribution in [3.63, 3.8) is 0 Å². The lowest BCUT2D eigenvalue weighted by molar-refractivity contribution is -0.125. The Morgan fingerprint density at radius 2 is 2.17 bits per heavy atom. The molecule has 0 spiro atoms. The molecule has 0 bridgehead atoms. The summed E-state index contributed by atoms with van der Waals surface area (Å²) in [5.41, 5.74) is 0. The van der Waals surface area contributed by atoms with E-state index in [1.54, 1.807) is 0 Å². The second-order valence-corrected chi connectivity index (χ2v) is 3.26. The predicted molar refractivity (Wildman–Crippen MR) is 41.0 cm³/mol. The van der Waals surface area contributed by atoms with Crippen molar-refractivity contribution in [3.8, 4) is 0 Å². The van der Waals surface area contributed by atoms with Crippen LogP contribution < -0.4 is 5.32 Å². The molecule has 70 valence electrons. The van der Waals surface area contributed by atoms with Crippen LogP contribution in [0.3, 0.4) is 0 Å². The molecule has 0 radical (unpaired) electrons. The average molecular weight is 177 g/mol. The van der Waals surface area contributed by atoms with Gasteiger partial charge in [-0.15, -0.1) is 0 Å². The third kappa shape index (κ3) is 2.16. The van der Waals surface area contributed by atoms with E-state index in [1.165, 1.54) is 6.92 Å². The zero-order valence-corrected chi connectivity index (χ0v) is 7.07. The van der Waals surface area contributed by atoms with E-state index >= 15 is 0 Å². The van der Waals surface area contributed by atoms with Gasteiger partial charge in [0.2, 0.25) is 5.91 Å². The first kappa shape index (κ1) is 9.42. The molecule has 0 aromatic carbocycles. The van der Waals surface area contributed by atoms with Crippen molar-refractivity contribution in [1.29, 1.82) is 0 Å². The van der Waals surface area contributed by atoms with Crippen LogP contribution >= 0.6 is 0 Å². The van der Waals surface area contributed by atoms with Gasteiger partial charge in [-0.2, -0.15) is 0 Å². The van der Waals surface area contributed by atoms with Crippen molar-refractivity contribution in [2.75, 3.05) is 0 Å². The molecular weight excluding hydrogens is 164 g/mol. The summed E-state index contributed by atoms with van der Waals surface area (Å²) in [6.45, 7) is 1.27. The van der Waals surface area contributed by atoms with Crippen molar-refractivity contribution in [3.05, 3.63) is 0 Å². The molecule has 0 aliphatic heterocycles. The molecular formula is C8H13F2NO. The van der Waals surface area contributed by atoms with Crippen LogP contribution in [0.1, 0.15) is 32.6 Å². The van der Waals surface area contributed by atoms with E-state index in [4.69, 9.17) is 0 Å². The number of halogens is 2. The Labute approximate surface area is 70.3 Å². The maximum atomic E-state index is 13.0. The second-order valence-electron chi connectivity index (χ2n) is 3.26. The molecule has 1 amide bonds. The number of hydrogen-bond acceptors (Lipinski definition) is 1. The lowest BCUT2D eigenvalue weighted by Gasteiger charge is -2.31. The molecule has 1 N–H and O–H groups in total. The van der Waals surface area contributed by atoms with Gasteiger partial charge in [-0.05, 0) is 12.8 Å². The summed E-state index contributed by atoms with van der Waals surface area (Å²) < 4.78 is 26.0. The van der Waals surface area contributed by atoms with E-state index in [9.17, 15) is 13.6 Å². The highest BCUT2D eigenvalue weighted by atomic mass is 19.3. The van der Waals surface area contributed by atoms with E-state index < -0.39 is 12.0 Å². The summed E-state index contributed by atoms with van der Waals surface area (Å²) in [5.74, 6) is -3.08. The molecule has 0 aromatic heterocycles. The number of alkyl halides is 2. The first-order valence-corrected chi connectivity index (χ1v) is 4.17. The largest absolute Gasteiger partial charge is 0.348 e. The fraction of sp³-hybridized carbons (Fsp3) is 0.875. The fourth-order valence-corrected chi connectivity index (χ4v) is 1.52. The standard InChI is InChI=1S/C8H13F2NO/c1-6(12)11-7-4-2-3-5-8(7,9)10/h7H,2-5H2,1H3,(H,11,12). The maximum absolute atomic E-state index is 13.0. The third-order valence-electron chi connectivity index (χ3n) is 2.14. The average Bonchev–Trinajstić information content (AvgIpc) is 1.92. The number of carbonyl (C=O) groups excluding carboxylic acids is 1. The lowest BCUT2D eigenvalue weighted by atomic mass is 9.91. The highest BCUT2D eigenvalue weighted by Gasteiger charge is 2.41. The monoisotopic (exact) mass is 177 g/mol. The van der Waals surface area contributed by atoms with E-state index in [0.717, 1.165) is 6.42 Å². The first-order valence-electron chi connectivity index (χ1n) is 4.17. The van der Waals surface area contributed by atoms with Crippen molar-refractivity contribution >= 4 is 5.91 Å². The first-order chi connectivity index (χ1) is 5.52. The van der Waals surface area contributed by atoms with Gasteiger partial charge in [0.15, 0.2) is 0 Å². The van der Waals surface area contributed by atoms with Crippen molar-refractivity contribution in [2.45, 2.75) is 44.6 Å². The van der Waals surface area contributed by atoms with Crippen molar-refractivity contribution < 1.29 is 13.6 Å². The highest BCUT2D eigenvalue weighted by Crippen LogP contribution is 2.33. The quantitative estimate of drug-likeness (QED) is 0.649. The molecule has 1 saturated carbocycles. The van der Waals surface area contributed by atoms with Crippen molar-refractivity contribution in [2.24, 2.45) is 0 Å². The van der Waals surface area contributed by atoms with Gasteiger partial charge >= 0.3 is 0 Å². The smallest absolute Gasteiger partial charge is 0.267 e. The van der Waals surface area contributed by atoms with Gasteiger partial charge in [0.25, 0.3) is 5.92 Å². The second kappa shape index (κ2) is 3.37. The summed E-state index contributed by atoms with van der Waals surface area (Å²) in [6, 6.07) is -0.941. The maximum Gasteiger partial charge on any atom is 0.267 e. The van der Waals surface area contributed by atoms with Gasteiger partial charge in [0.05, 0.1) is 6.04 Å². The molecule has 1 unspecified atom stereocenters. The molecule has 1 aliphatic carbocycles. The molecule has 1 atom stereocenters. The number of amides is 1. The zero-order chi connectivity index (χ0) is 9.19. The Balaban J connectivity index is 2.54. The molecule has 0 heterocycles. The Kier molecular flexibility index (Phi) is 2.65. The molecule has 1 fully saturated rings. The SMILES string of the molecule is CC(=O)NC1CCCCC1(F)F. The minimum absolute atomic E-state index is 0.0993. The number of nitrogens with one attached hydrogen (secondary N) is 1. The van der Waals surface area contributed by atoms with Crippen LogP contribution in [0.15, 0.2) is 0 Å². The van der Waals surface area contributed by atoms with Crippen LogP contribution in [0.2, 0.25) is 0 Å². The fourth-order valence-electron chi connectivity index (χ4n) is 1.52. The molecule has 2 nitrogen and oxygen atoms in total. The summed E-state index contributed by atoms with van der Waals surface area (Å²) >= 11 is 0. The van der Waals surface area contributed by atoms with Crippen LogP contribution in [0.4, 0.5) is 8.78 Å². The molecule has 0 saturated heterocycles. The van der Waals surface area contributed by atoms with Gasteiger partial charge < -0.3 is 5.32 Å². The van der Waals surface area contributed by atoms with Crippen LogP contribution in [0, 0.1) is 0 Å². The van der Waals surface area contributed by atoms with Gasteiger partial charge in [0, 0.05) is 13.3 Å². The van der Waals surface area contributed by atoms with E-state index in [-0.39, 0.29) is 12.3 Å². The van der Waals surface area contributed by atoms with E-state index in [2.05, 4.69) is 5.32 Å². The van der Waals surface area contributed by atoms with Gasteiger partial charge in [-0.1, -0.05) is 6.42 Å². The van der Waals surface area contributed by atoms with Crippen LogP contribution in [-0.2, 0) is 4.79 Å². The topological polar surface area (TPSA) is 29.1 Å². The minimum Gasteiger partial charge on any atom is -0.348 e. The molecule has 4 heteroatoms. The number of rotatable bonds is 1. The number of hydrogen-bond donors (Lipinski definition) is 1. The minimum atomic E-state index is -2.70. The number of carbonyl (C=O) groups is 1. The van der Waals surface area contributed by atoms with Crippen LogP contribution in [-0.4, -0.2) is 17.9 Å². The zero-order valence-electron chi connectivity index (χ0n) is 7.07. The Bertz CT molecular complexity index is 182. The summed E-state index contributed by atoms with van der Waals surface area (Å²) in [6.07, 6.45) is 1.63. The lowest BCUT2D eigenvalue weighted by Crippen LogP contribution is -2.48. The van der Waals surface area contributed by atoms with Crippen LogP contribution in [0.5, 0.6) is 0 Å². The summed E-state index contributed by atoms with van der Waals surface area (Å²) in [7, 11) is 0. The molecule has 12 heavy (non-hydrogen) atoms. The molecule has 0 aromatic rings. The summed E-state index contributed by atoms with van der Waals surface area (Å²) in [5, 5.41) is 2.28. The van der Waals surface area contributed by atoms with E-state index in [1.807, 2.05) is 0 Å². The van der Waals surface area contributed by atoms with Gasteiger partial charge in [0.1, 0.15) is 0 Å². The molecule has 1 rings (SSSR count). The van der Waals surface area contributed by atoms with Crippen molar-refractivity contribution in [1.82, 2.24) is 5.32 Å². The Hall–Kier alpha value is -0.670. The van der Waals surface area contributed by atoms with Gasteiger partial charge in [-0.3, -0.25) is 4.79 Å². The van der Waals surface area contributed by atoms with Gasteiger partial charge in [-0.25, -0.2) is 8.78 Å². The Morgan fingerprint density at radius 1 is 1.50 bits per heavy atom. The Morgan fingerprint density at radius 3 is 2.67 bits per heavy atom. The van der Waals surface area contributed by atoms with Crippen LogP contribution in [0.25, 0.3) is 0 Å². The molecule has 1 aliphatic rings. The normalized spacial score (nSPS) is 28.1. The summed E-state index contributed by atoms with van der Waals surface area (Å²) in [4.78, 5) is 10.6. The highest BCUT2D eigenvalue weighted by molar-refractivity contribution is 5.73.